The number of nitrogens with two attached hydrogens (primary N) is 1. The summed E-state index contributed by atoms with van der Waals surface area (Å²) in [5, 5.41) is 7.29. The van der Waals surface area contributed by atoms with Crippen molar-refractivity contribution in [1.29, 1.82) is 0 Å². The Hall–Kier alpha value is -1.95. The maximum absolute atomic E-state index is 11.8. The third kappa shape index (κ3) is 1.66. The summed E-state index contributed by atoms with van der Waals surface area (Å²) in [6.45, 7) is 0.275. The van der Waals surface area contributed by atoms with Gasteiger partial charge in [-0.1, -0.05) is 5.21 Å². The van der Waals surface area contributed by atoms with E-state index < -0.39 is 0 Å². The van der Waals surface area contributed by atoms with E-state index in [9.17, 15) is 4.79 Å². The summed E-state index contributed by atoms with van der Waals surface area (Å²) in [6.07, 6.45) is 1.40. The van der Waals surface area contributed by atoms with Crippen molar-refractivity contribution in [3.8, 4) is 0 Å². The van der Waals surface area contributed by atoms with Crippen molar-refractivity contribution in [1.82, 2.24) is 15.0 Å². The summed E-state index contributed by atoms with van der Waals surface area (Å²) < 4.78 is 6.63. The highest BCUT2D eigenvalue weighted by molar-refractivity contribution is 6.05. The largest absolute Gasteiger partial charge is 0.456 e. The minimum absolute atomic E-state index is 0.248. The molecule has 2 N–H and O–H groups in total. The van der Waals surface area contributed by atoms with Crippen LogP contribution < -0.4 is 5.73 Å². The zero-order valence-corrected chi connectivity index (χ0v) is 8.17. The van der Waals surface area contributed by atoms with Gasteiger partial charge in [0.15, 0.2) is 5.76 Å². The van der Waals surface area contributed by atoms with E-state index in [4.69, 9.17) is 10.2 Å². The van der Waals surface area contributed by atoms with Crippen molar-refractivity contribution < 1.29 is 9.21 Å². The van der Waals surface area contributed by atoms with E-state index in [0.29, 0.717) is 11.5 Å². The molecule has 0 aromatic carbocycles. The van der Waals surface area contributed by atoms with Gasteiger partial charge in [0.1, 0.15) is 11.5 Å². The lowest BCUT2D eigenvalue weighted by atomic mass is 10.2. The lowest BCUT2D eigenvalue weighted by Crippen LogP contribution is -2.07. The zero-order valence-electron chi connectivity index (χ0n) is 8.17. The van der Waals surface area contributed by atoms with E-state index in [-0.39, 0.29) is 18.1 Å². The predicted molar refractivity (Wildman–Crippen MR) is 51.0 cm³/mol. The Morgan fingerprint density at radius 2 is 2.40 bits per heavy atom. The first-order chi connectivity index (χ1) is 7.22. The van der Waals surface area contributed by atoms with Crippen molar-refractivity contribution >= 4 is 5.78 Å². The number of aryl methyl sites for hydroxylation is 1. The number of carbonyl (C=O) groups is 1. The Morgan fingerprint density at radius 1 is 1.60 bits per heavy atom. The number of rotatable bonds is 3. The molecule has 0 amide bonds. The molecular weight excluding hydrogens is 196 g/mol. The van der Waals surface area contributed by atoms with Gasteiger partial charge in [0.25, 0.3) is 0 Å². The molecule has 2 aromatic heterocycles. The van der Waals surface area contributed by atoms with Crippen LogP contribution in [0.4, 0.5) is 0 Å². The van der Waals surface area contributed by atoms with E-state index in [1.54, 1.807) is 19.2 Å². The minimum atomic E-state index is -0.248. The lowest BCUT2D eigenvalue weighted by Gasteiger charge is -1.96. The Balaban J connectivity index is 2.32. The number of ketones is 1. The fraction of sp³-hybridized carbons (Fsp3) is 0.222. The van der Waals surface area contributed by atoms with Crippen LogP contribution in [0.2, 0.25) is 0 Å². The maximum Gasteiger partial charge on any atom is 0.247 e. The van der Waals surface area contributed by atoms with Gasteiger partial charge in [-0.2, -0.15) is 0 Å². The highest BCUT2D eigenvalue weighted by Gasteiger charge is 2.17. The van der Waals surface area contributed by atoms with Crippen LogP contribution in [-0.2, 0) is 13.6 Å². The summed E-state index contributed by atoms with van der Waals surface area (Å²) in [4.78, 5) is 11.8. The van der Waals surface area contributed by atoms with Gasteiger partial charge in [-0.25, -0.2) is 4.68 Å². The van der Waals surface area contributed by atoms with E-state index in [1.165, 1.54) is 10.9 Å². The smallest absolute Gasteiger partial charge is 0.247 e. The molecule has 0 unspecified atom stereocenters. The monoisotopic (exact) mass is 206 g/mol. The van der Waals surface area contributed by atoms with Gasteiger partial charge in [-0.3, -0.25) is 4.79 Å². The molecule has 15 heavy (non-hydrogen) atoms. The Labute approximate surface area is 85.7 Å². The summed E-state index contributed by atoms with van der Waals surface area (Å²) in [6, 6.07) is 3.27. The molecule has 0 fully saturated rings. The van der Waals surface area contributed by atoms with Crippen LogP contribution >= 0.6 is 0 Å². The molecule has 0 aliphatic rings. The number of furan rings is 1. The fourth-order valence-electron chi connectivity index (χ4n) is 1.23. The molecule has 2 heterocycles. The molecule has 0 aliphatic heterocycles. The molecule has 0 saturated carbocycles. The molecule has 0 atom stereocenters. The number of hydrogen-bond donors (Lipinski definition) is 1. The van der Waals surface area contributed by atoms with Crippen LogP contribution in [0.15, 0.2) is 22.7 Å². The number of aromatic nitrogens is 3. The molecular formula is C9H10N4O2. The van der Waals surface area contributed by atoms with Crippen molar-refractivity contribution in [2.45, 2.75) is 6.54 Å². The summed E-state index contributed by atoms with van der Waals surface area (Å²) >= 11 is 0. The second-order valence-electron chi connectivity index (χ2n) is 3.04. The van der Waals surface area contributed by atoms with Crippen molar-refractivity contribution in [3.05, 3.63) is 35.5 Å². The second-order valence-corrected chi connectivity index (χ2v) is 3.04. The van der Waals surface area contributed by atoms with Crippen LogP contribution in [0.3, 0.4) is 0 Å². The highest BCUT2D eigenvalue weighted by Crippen LogP contribution is 2.11. The van der Waals surface area contributed by atoms with E-state index in [0.717, 1.165) is 0 Å². The second kappa shape index (κ2) is 3.66. The van der Waals surface area contributed by atoms with Gasteiger partial charge in [-0.15, -0.1) is 5.10 Å². The molecule has 0 aliphatic carbocycles. The first-order valence-corrected chi connectivity index (χ1v) is 4.40. The molecule has 6 heteroatoms. The molecule has 2 aromatic rings. The fourth-order valence-corrected chi connectivity index (χ4v) is 1.23. The van der Waals surface area contributed by atoms with Crippen LogP contribution in [0.5, 0.6) is 0 Å². The quantitative estimate of drug-likeness (QED) is 0.719. The van der Waals surface area contributed by atoms with Gasteiger partial charge in [0.2, 0.25) is 5.78 Å². The first-order valence-electron chi connectivity index (χ1n) is 4.40. The van der Waals surface area contributed by atoms with Gasteiger partial charge in [0.05, 0.1) is 12.7 Å². The first kappa shape index (κ1) is 9.60. The van der Waals surface area contributed by atoms with Crippen molar-refractivity contribution in [3.63, 3.8) is 0 Å². The van der Waals surface area contributed by atoms with Crippen molar-refractivity contribution in [2.24, 2.45) is 12.8 Å². The van der Waals surface area contributed by atoms with Gasteiger partial charge < -0.3 is 10.2 Å². The molecule has 0 spiro atoms. The van der Waals surface area contributed by atoms with Crippen LogP contribution in [0.25, 0.3) is 0 Å². The van der Waals surface area contributed by atoms with Gasteiger partial charge in [-0.05, 0) is 12.1 Å². The van der Waals surface area contributed by atoms with Gasteiger partial charge in [0, 0.05) is 7.05 Å². The predicted octanol–water partition coefficient (Wildman–Crippen LogP) is 0.0978. The van der Waals surface area contributed by atoms with E-state index in [2.05, 4.69) is 10.3 Å². The number of carbonyl (C=O) groups excluding carboxylic acids is 1. The topological polar surface area (TPSA) is 86.9 Å². The third-order valence-corrected chi connectivity index (χ3v) is 2.03. The third-order valence-electron chi connectivity index (χ3n) is 2.03. The molecule has 0 radical (unpaired) electrons. The maximum atomic E-state index is 11.8. The van der Waals surface area contributed by atoms with Crippen LogP contribution in [0.1, 0.15) is 22.0 Å². The summed E-state index contributed by atoms with van der Waals surface area (Å²) in [7, 11) is 1.65. The minimum Gasteiger partial charge on any atom is -0.456 e. The SMILES string of the molecule is Cn1nncc1C(=O)c1ccc(CN)o1. The Kier molecular flexibility index (Phi) is 2.34. The van der Waals surface area contributed by atoms with Crippen LogP contribution in [0, 0.1) is 0 Å². The molecule has 0 bridgehead atoms. The van der Waals surface area contributed by atoms with E-state index >= 15 is 0 Å². The zero-order chi connectivity index (χ0) is 10.8. The molecule has 78 valence electrons. The average molecular weight is 206 g/mol. The number of nitrogens with zero attached hydrogens (tertiary/aromatic N) is 3. The molecule has 0 saturated heterocycles. The summed E-state index contributed by atoms with van der Waals surface area (Å²) in [5.74, 6) is 0.580. The molecule has 6 nitrogen and oxygen atoms in total. The Bertz CT molecular complexity index is 486. The van der Waals surface area contributed by atoms with E-state index in [1.807, 2.05) is 0 Å². The normalized spacial score (nSPS) is 10.5. The van der Waals surface area contributed by atoms with Gasteiger partial charge >= 0.3 is 0 Å². The standard InChI is InChI=1S/C9H10N4O2/c1-13-7(5-11-12-13)9(14)8-3-2-6(4-10)15-8/h2-3,5H,4,10H2,1H3. The Morgan fingerprint density at radius 3 is 2.93 bits per heavy atom. The summed E-state index contributed by atoms with van der Waals surface area (Å²) in [5.41, 5.74) is 5.76. The lowest BCUT2D eigenvalue weighted by molar-refractivity contribution is 0.0998. The van der Waals surface area contributed by atoms with Crippen molar-refractivity contribution in [2.75, 3.05) is 0 Å². The average Bonchev–Trinajstić information content (AvgIpc) is 2.84. The van der Waals surface area contributed by atoms with Crippen LogP contribution in [-0.4, -0.2) is 20.8 Å². The number of hydrogen-bond acceptors (Lipinski definition) is 5. The highest BCUT2D eigenvalue weighted by atomic mass is 16.3. The molecule has 2 rings (SSSR count).